The summed E-state index contributed by atoms with van der Waals surface area (Å²) in [6.45, 7) is 3.00. The SMILES string of the molecule is O=C(O)c1cccc(-c2cc(Cl)ccc2OCCN2CNC3CNCCC3C2=O)c1. The predicted molar refractivity (Wildman–Crippen MR) is 114 cm³/mol. The van der Waals surface area contributed by atoms with Crippen molar-refractivity contribution in [2.24, 2.45) is 5.92 Å². The summed E-state index contributed by atoms with van der Waals surface area (Å²) in [5.74, 6) is -0.202. The summed E-state index contributed by atoms with van der Waals surface area (Å²) in [5, 5.41) is 16.5. The van der Waals surface area contributed by atoms with Crippen molar-refractivity contribution in [2.45, 2.75) is 12.5 Å². The van der Waals surface area contributed by atoms with E-state index in [-0.39, 0.29) is 23.4 Å². The molecule has 30 heavy (non-hydrogen) atoms. The van der Waals surface area contributed by atoms with Gasteiger partial charge in [-0.3, -0.25) is 10.1 Å². The summed E-state index contributed by atoms with van der Waals surface area (Å²) < 4.78 is 5.99. The van der Waals surface area contributed by atoms with Crippen molar-refractivity contribution in [3.05, 3.63) is 53.1 Å². The highest BCUT2D eigenvalue weighted by Crippen LogP contribution is 2.33. The lowest BCUT2D eigenvalue weighted by molar-refractivity contribution is -0.141. The van der Waals surface area contributed by atoms with Gasteiger partial charge in [0, 0.05) is 23.2 Å². The van der Waals surface area contributed by atoms with Gasteiger partial charge in [0.05, 0.1) is 24.7 Å². The Kier molecular flexibility index (Phi) is 6.22. The number of ether oxygens (including phenoxy) is 1. The smallest absolute Gasteiger partial charge is 0.335 e. The number of benzene rings is 2. The number of halogens is 1. The Morgan fingerprint density at radius 1 is 1.27 bits per heavy atom. The Hall–Kier alpha value is -2.61. The highest BCUT2D eigenvalue weighted by molar-refractivity contribution is 6.31. The maximum Gasteiger partial charge on any atom is 0.335 e. The molecule has 0 aromatic heterocycles. The van der Waals surface area contributed by atoms with Crippen LogP contribution in [0.15, 0.2) is 42.5 Å². The van der Waals surface area contributed by atoms with E-state index in [1.165, 1.54) is 0 Å². The van der Waals surface area contributed by atoms with Gasteiger partial charge in [0.25, 0.3) is 0 Å². The van der Waals surface area contributed by atoms with Crippen LogP contribution in [0.3, 0.4) is 0 Å². The molecule has 0 radical (unpaired) electrons. The number of hydrogen-bond acceptors (Lipinski definition) is 5. The second-order valence-corrected chi connectivity index (χ2v) is 7.98. The first-order valence-corrected chi connectivity index (χ1v) is 10.4. The fraction of sp³-hybridized carbons (Fsp3) is 0.364. The van der Waals surface area contributed by atoms with Gasteiger partial charge < -0.3 is 20.1 Å². The first kappa shape index (κ1) is 20.7. The fourth-order valence-electron chi connectivity index (χ4n) is 4.04. The van der Waals surface area contributed by atoms with Crippen LogP contribution in [0.2, 0.25) is 5.02 Å². The van der Waals surface area contributed by atoms with E-state index in [1.54, 1.807) is 41.3 Å². The molecule has 0 saturated carbocycles. The molecule has 2 aliphatic heterocycles. The number of carbonyl (C=O) groups is 2. The molecule has 158 valence electrons. The van der Waals surface area contributed by atoms with Gasteiger partial charge in [-0.2, -0.15) is 0 Å². The lowest BCUT2D eigenvalue weighted by atomic mass is 9.90. The van der Waals surface area contributed by atoms with E-state index in [4.69, 9.17) is 16.3 Å². The molecular formula is C22H24ClN3O4. The van der Waals surface area contributed by atoms with Crippen LogP contribution in [-0.4, -0.2) is 60.8 Å². The number of fused-ring (bicyclic) bond motifs is 1. The maximum atomic E-state index is 12.8. The molecule has 8 heteroatoms. The Morgan fingerprint density at radius 3 is 2.97 bits per heavy atom. The molecule has 2 aliphatic rings. The molecule has 1 amide bonds. The molecule has 2 atom stereocenters. The molecule has 2 aromatic rings. The number of nitrogens with one attached hydrogen (secondary N) is 2. The van der Waals surface area contributed by atoms with E-state index < -0.39 is 5.97 Å². The third-order valence-corrected chi connectivity index (χ3v) is 5.87. The Labute approximate surface area is 180 Å². The van der Waals surface area contributed by atoms with Crippen LogP contribution in [0.4, 0.5) is 0 Å². The topological polar surface area (TPSA) is 90.9 Å². The molecule has 2 unspecified atom stereocenters. The Morgan fingerprint density at radius 2 is 2.13 bits per heavy atom. The number of aromatic carboxylic acids is 1. The maximum absolute atomic E-state index is 12.8. The van der Waals surface area contributed by atoms with Crippen LogP contribution in [0.25, 0.3) is 11.1 Å². The third-order valence-electron chi connectivity index (χ3n) is 5.64. The summed E-state index contributed by atoms with van der Waals surface area (Å²) in [4.78, 5) is 25.9. The molecule has 0 aliphatic carbocycles. The lowest BCUT2D eigenvalue weighted by Gasteiger charge is -2.41. The van der Waals surface area contributed by atoms with Gasteiger partial charge in [-0.25, -0.2) is 4.79 Å². The van der Waals surface area contributed by atoms with Gasteiger partial charge in [0.2, 0.25) is 5.91 Å². The summed E-state index contributed by atoms with van der Waals surface area (Å²) in [5.41, 5.74) is 1.62. The minimum Gasteiger partial charge on any atom is -0.491 e. The van der Waals surface area contributed by atoms with Crippen molar-refractivity contribution in [2.75, 3.05) is 32.9 Å². The van der Waals surface area contributed by atoms with Crippen LogP contribution in [0.1, 0.15) is 16.8 Å². The lowest BCUT2D eigenvalue weighted by Crippen LogP contribution is -2.62. The standard InChI is InChI=1S/C22H24ClN3O4/c23-16-4-5-20(18(11-16)14-2-1-3-15(10-14)22(28)29)30-9-8-26-13-25-19-12-24-7-6-17(19)21(26)27/h1-5,10-11,17,19,24-25H,6-9,12-13H2,(H,28,29). The number of piperidine rings is 1. The normalized spacial score (nSPS) is 21.2. The van der Waals surface area contributed by atoms with Gasteiger partial charge in [0.1, 0.15) is 12.4 Å². The zero-order valence-corrected chi connectivity index (χ0v) is 17.2. The van der Waals surface area contributed by atoms with Crippen molar-refractivity contribution in [3.8, 4) is 16.9 Å². The zero-order valence-electron chi connectivity index (χ0n) is 16.4. The number of carboxylic acid groups (broad SMARTS) is 1. The Balaban J connectivity index is 1.45. The molecular weight excluding hydrogens is 406 g/mol. The zero-order chi connectivity index (χ0) is 21.1. The average Bonchev–Trinajstić information content (AvgIpc) is 2.76. The second-order valence-electron chi connectivity index (χ2n) is 7.54. The minimum atomic E-state index is -0.992. The summed E-state index contributed by atoms with van der Waals surface area (Å²) in [6, 6.07) is 12.1. The number of amides is 1. The van der Waals surface area contributed by atoms with Crippen molar-refractivity contribution < 1.29 is 19.4 Å². The fourth-order valence-corrected chi connectivity index (χ4v) is 4.21. The molecule has 4 rings (SSSR count). The van der Waals surface area contributed by atoms with E-state index in [1.807, 2.05) is 6.07 Å². The van der Waals surface area contributed by atoms with Gasteiger partial charge in [-0.15, -0.1) is 0 Å². The third kappa shape index (κ3) is 4.43. The summed E-state index contributed by atoms with van der Waals surface area (Å²) >= 11 is 6.17. The second kappa shape index (κ2) is 9.04. The van der Waals surface area contributed by atoms with Crippen molar-refractivity contribution in [3.63, 3.8) is 0 Å². The molecule has 2 aromatic carbocycles. The molecule has 2 fully saturated rings. The number of hydrogen-bond donors (Lipinski definition) is 3. The van der Waals surface area contributed by atoms with Gasteiger partial charge in [-0.05, 0) is 48.9 Å². The van der Waals surface area contributed by atoms with Crippen LogP contribution in [-0.2, 0) is 4.79 Å². The molecule has 7 nitrogen and oxygen atoms in total. The van der Waals surface area contributed by atoms with E-state index in [0.717, 1.165) is 19.5 Å². The van der Waals surface area contributed by atoms with Crippen LogP contribution in [0, 0.1) is 5.92 Å². The number of nitrogens with zero attached hydrogens (tertiary/aromatic N) is 1. The number of carbonyl (C=O) groups excluding carboxylic acids is 1. The minimum absolute atomic E-state index is 0.0184. The van der Waals surface area contributed by atoms with Crippen molar-refractivity contribution in [1.29, 1.82) is 0 Å². The molecule has 2 heterocycles. The van der Waals surface area contributed by atoms with E-state index >= 15 is 0 Å². The highest BCUT2D eigenvalue weighted by atomic mass is 35.5. The highest BCUT2D eigenvalue weighted by Gasteiger charge is 2.37. The molecule has 2 saturated heterocycles. The van der Waals surface area contributed by atoms with E-state index in [0.29, 0.717) is 41.7 Å². The number of carboxylic acids is 1. The summed E-state index contributed by atoms with van der Waals surface area (Å²) in [6.07, 6.45) is 0.842. The van der Waals surface area contributed by atoms with Crippen molar-refractivity contribution in [1.82, 2.24) is 15.5 Å². The predicted octanol–water partition coefficient (Wildman–Crippen LogP) is 2.45. The first-order chi connectivity index (χ1) is 14.5. The summed E-state index contributed by atoms with van der Waals surface area (Å²) in [7, 11) is 0. The van der Waals surface area contributed by atoms with E-state index in [9.17, 15) is 14.7 Å². The number of rotatable bonds is 6. The molecule has 0 bridgehead atoms. The van der Waals surface area contributed by atoms with Crippen LogP contribution < -0.4 is 15.4 Å². The van der Waals surface area contributed by atoms with Crippen LogP contribution in [0.5, 0.6) is 5.75 Å². The molecule has 3 N–H and O–H groups in total. The van der Waals surface area contributed by atoms with Crippen molar-refractivity contribution >= 4 is 23.5 Å². The Bertz CT molecular complexity index is 952. The first-order valence-electron chi connectivity index (χ1n) is 10.0. The van der Waals surface area contributed by atoms with Gasteiger partial charge in [-0.1, -0.05) is 23.7 Å². The molecule has 0 spiro atoms. The average molecular weight is 430 g/mol. The van der Waals surface area contributed by atoms with Gasteiger partial charge >= 0.3 is 5.97 Å². The van der Waals surface area contributed by atoms with Gasteiger partial charge in [0.15, 0.2) is 0 Å². The van der Waals surface area contributed by atoms with E-state index in [2.05, 4.69) is 10.6 Å². The quantitative estimate of drug-likeness (QED) is 0.653. The monoisotopic (exact) mass is 429 g/mol. The largest absolute Gasteiger partial charge is 0.491 e. The van der Waals surface area contributed by atoms with Crippen LogP contribution >= 0.6 is 11.6 Å².